The highest BCUT2D eigenvalue weighted by molar-refractivity contribution is 7.99. The summed E-state index contributed by atoms with van der Waals surface area (Å²) < 4.78 is 5.52. The Labute approximate surface area is 197 Å². The number of carboxylic acid groups (broad SMARTS) is 1. The molecule has 1 fully saturated rings. The number of amides is 2. The van der Waals surface area contributed by atoms with Crippen LogP contribution in [0.15, 0.2) is 48.5 Å². The van der Waals surface area contributed by atoms with Crippen LogP contribution in [0.5, 0.6) is 0 Å². The SMILES string of the molecule is CC1CSCCCN1C(=O)C(CC(=O)O)NC(=O)OCC1c2ccccc2-c2ccccc21. The van der Waals surface area contributed by atoms with Gasteiger partial charge < -0.3 is 20.1 Å². The summed E-state index contributed by atoms with van der Waals surface area (Å²) in [6.45, 7) is 2.60. The number of benzene rings is 2. The number of thioether (sulfide) groups is 1. The Morgan fingerprint density at radius 1 is 1.12 bits per heavy atom. The smallest absolute Gasteiger partial charge is 0.407 e. The van der Waals surface area contributed by atoms with E-state index in [1.54, 1.807) is 16.7 Å². The van der Waals surface area contributed by atoms with Crippen LogP contribution in [-0.4, -0.2) is 64.7 Å². The van der Waals surface area contributed by atoms with Crippen molar-refractivity contribution >= 4 is 29.7 Å². The Bertz CT molecular complexity index is 997. The first kappa shape index (κ1) is 23.2. The van der Waals surface area contributed by atoms with Crippen molar-refractivity contribution in [3.8, 4) is 11.1 Å². The van der Waals surface area contributed by atoms with Gasteiger partial charge >= 0.3 is 12.1 Å². The van der Waals surface area contributed by atoms with Gasteiger partial charge in [-0.15, -0.1) is 0 Å². The van der Waals surface area contributed by atoms with Gasteiger partial charge in [-0.1, -0.05) is 48.5 Å². The van der Waals surface area contributed by atoms with Crippen molar-refractivity contribution in [1.29, 1.82) is 0 Å². The molecule has 0 saturated carbocycles. The van der Waals surface area contributed by atoms with E-state index in [-0.39, 0.29) is 24.5 Å². The van der Waals surface area contributed by atoms with Crippen molar-refractivity contribution in [3.05, 3.63) is 59.7 Å². The summed E-state index contributed by atoms with van der Waals surface area (Å²) in [6.07, 6.45) is -0.432. The van der Waals surface area contributed by atoms with Gasteiger partial charge in [0, 0.05) is 24.3 Å². The van der Waals surface area contributed by atoms with Gasteiger partial charge in [0.1, 0.15) is 12.6 Å². The monoisotopic (exact) mass is 468 g/mol. The molecule has 0 radical (unpaired) electrons. The minimum absolute atomic E-state index is 0.0226. The first-order valence-electron chi connectivity index (χ1n) is 11.2. The number of hydrogen-bond donors (Lipinski definition) is 2. The molecule has 4 rings (SSSR count). The van der Waals surface area contributed by atoms with E-state index in [1.807, 2.05) is 43.3 Å². The van der Waals surface area contributed by atoms with Gasteiger partial charge in [0.2, 0.25) is 5.91 Å². The minimum atomic E-state index is -1.16. The summed E-state index contributed by atoms with van der Waals surface area (Å²) in [5, 5.41) is 11.8. The fourth-order valence-electron chi connectivity index (χ4n) is 4.59. The normalized spacial score (nSPS) is 18.6. The second kappa shape index (κ2) is 10.3. The Morgan fingerprint density at radius 2 is 1.76 bits per heavy atom. The number of hydrogen-bond acceptors (Lipinski definition) is 5. The van der Waals surface area contributed by atoms with E-state index in [0.29, 0.717) is 6.54 Å². The van der Waals surface area contributed by atoms with Crippen molar-refractivity contribution in [1.82, 2.24) is 10.2 Å². The molecule has 2 amide bonds. The molecule has 1 saturated heterocycles. The van der Waals surface area contributed by atoms with E-state index in [1.165, 1.54) is 0 Å². The number of nitrogens with one attached hydrogen (secondary N) is 1. The van der Waals surface area contributed by atoms with Crippen molar-refractivity contribution in [3.63, 3.8) is 0 Å². The zero-order valence-electron chi connectivity index (χ0n) is 18.5. The zero-order valence-corrected chi connectivity index (χ0v) is 19.3. The third kappa shape index (κ3) is 5.16. The number of aliphatic carboxylic acids is 1. The number of fused-ring (bicyclic) bond motifs is 3. The van der Waals surface area contributed by atoms with Crippen LogP contribution in [-0.2, 0) is 14.3 Å². The largest absolute Gasteiger partial charge is 0.481 e. The first-order chi connectivity index (χ1) is 16.0. The van der Waals surface area contributed by atoms with E-state index in [2.05, 4.69) is 17.4 Å². The summed E-state index contributed by atoms with van der Waals surface area (Å²) in [5.74, 6) is 0.109. The first-order valence-corrected chi connectivity index (χ1v) is 12.3. The molecule has 2 aliphatic rings. The highest BCUT2D eigenvalue weighted by Crippen LogP contribution is 2.44. The molecule has 2 aromatic rings. The van der Waals surface area contributed by atoms with Crippen LogP contribution in [0.4, 0.5) is 4.79 Å². The quantitative estimate of drug-likeness (QED) is 0.671. The van der Waals surface area contributed by atoms with Crippen LogP contribution in [0.1, 0.15) is 36.8 Å². The Hall–Kier alpha value is -3.00. The Kier molecular flexibility index (Phi) is 7.23. The van der Waals surface area contributed by atoms with Crippen molar-refractivity contribution < 1.29 is 24.2 Å². The molecule has 174 valence electrons. The van der Waals surface area contributed by atoms with E-state index in [4.69, 9.17) is 4.74 Å². The van der Waals surface area contributed by atoms with Gasteiger partial charge in [-0.3, -0.25) is 9.59 Å². The maximum atomic E-state index is 13.1. The highest BCUT2D eigenvalue weighted by atomic mass is 32.2. The second-order valence-corrected chi connectivity index (χ2v) is 9.58. The number of carbonyl (C=O) groups excluding carboxylic acids is 2. The molecule has 2 unspecified atom stereocenters. The summed E-state index contributed by atoms with van der Waals surface area (Å²) in [7, 11) is 0. The maximum absolute atomic E-state index is 13.1. The number of rotatable bonds is 6. The highest BCUT2D eigenvalue weighted by Gasteiger charge is 2.33. The van der Waals surface area contributed by atoms with Crippen LogP contribution in [0.2, 0.25) is 0 Å². The maximum Gasteiger partial charge on any atom is 0.407 e. The lowest BCUT2D eigenvalue weighted by Gasteiger charge is -2.30. The van der Waals surface area contributed by atoms with E-state index in [0.717, 1.165) is 40.2 Å². The van der Waals surface area contributed by atoms with E-state index >= 15 is 0 Å². The minimum Gasteiger partial charge on any atom is -0.481 e. The van der Waals surface area contributed by atoms with Gasteiger partial charge in [0.05, 0.1) is 6.42 Å². The molecular formula is C25H28N2O5S. The fourth-order valence-corrected chi connectivity index (χ4v) is 5.61. The second-order valence-electron chi connectivity index (χ2n) is 8.43. The van der Waals surface area contributed by atoms with Crippen LogP contribution in [0.25, 0.3) is 11.1 Å². The van der Waals surface area contributed by atoms with Crippen LogP contribution in [0, 0.1) is 0 Å². The molecule has 1 aliphatic heterocycles. The molecular weight excluding hydrogens is 440 g/mol. The van der Waals surface area contributed by atoms with Gasteiger partial charge in [0.15, 0.2) is 0 Å². The molecule has 1 heterocycles. The number of carbonyl (C=O) groups is 3. The van der Waals surface area contributed by atoms with Crippen molar-refractivity contribution in [2.45, 2.75) is 37.8 Å². The van der Waals surface area contributed by atoms with Crippen molar-refractivity contribution in [2.24, 2.45) is 0 Å². The molecule has 0 bridgehead atoms. The number of ether oxygens (including phenoxy) is 1. The lowest BCUT2D eigenvalue weighted by molar-refractivity contribution is -0.143. The Balaban J connectivity index is 1.44. The summed E-state index contributed by atoms with van der Waals surface area (Å²) in [4.78, 5) is 38.8. The molecule has 7 nitrogen and oxygen atoms in total. The lowest BCUT2D eigenvalue weighted by Crippen LogP contribution is -2.52. The molecule has 2 aromatic carbocycles. The van der Waals surface area contributed by atoms with Gasteiger partial charge in [-0.25, -0.2) is 4.79 Å². The van der Waals surface area contributed by atoms with Crippen LogP contribution < -0.4 is 5.32 Å². The Morgan fingerprint density at radius 3 is 2.39 bits per heavy atom. The van der Waals surface area contributed by atoms with Gasteiger partial charge in [-0.05, 0) is 41.4 Å². The number of alkyl carbamates (subject to hydrolysis) is 1. The van der Waals surface area contributed by atoms with E-state index in [9.17, 15) is 19.5 Å². The third-order valence-electron chi connectivity index (χ3n) is 6.17. The van der Waals surface area contributed by atoms with Crippen molar-refractivity contribution in [2.75, 3.05) is 24.7 Å². The van der Waals surface area contributed by atoms with Gasteiger partial charge in [-0.2, -0.15) is 11.8 Å². The molecule has 1 aliphatic carbocycles. The average molecular weight is 469 g/mol. The summed E-state index contributed by atoms with van der Waals surface area (Å²) in [5.41, 5.74) is 4.41. The van der Waals surface area contributed by atoms with Crippen LogP contribution >= 0.6 is 11.8 Å². The molecule has 8 heteroatoms. The third-order valence-corrected chi connectivity index (χ3v) is 7.47. The average Bonchev–Trinajstić information content (AvgIpc) is 2.96. The zero-order chi connectivity index (χ0) is 23.4. The summed E-state index contributed by atoms with van der Waals surface area (Å²) in [6, 6.07) is 14.8. The topological polar surface area (TPSA) is 95.9 Å². The summed E-state index contributed by atoms with van der Waals surface area (Å²) >= 11 is 1.77. The molecule has 0 spiro atoms. The fraction of sp³-hybridized carbons (Fsp3) is 0.400. The standard InChI is InChI=1S/C25H28N2O5S/c1-16-15-33-12-6-11-27(16)24(30)22(13-23(28)29)26-25(31)32-14-21-19-9-4-2-7-17(19)18-8-3-5-10-20(18)21/h2-5,7-10,16,21-22H,6,11-15H2,1H3,(H,26,31)(H,28,29). The molecule has 0 aromatic heterocycles. The molecule has 33 heavy (non-hydrogen) atoms. The van der Waals surface area contributed by atoms with Gasteiger partial charge in [0.25, 0.3) is 0 Å². The van der Waals surface area contributed by atoms with E-state index < -0.39 is 24.5 Å². The predicted octanol–water partition coefficient (Wildman–Crippen LogP) is 3.72. The number of carboxylic acids is 1. The molecule has 2 N–H and O–H groups in total. The lowest BCUT2D eigenvalue weighted by atomic mass is 9.98. The predicted molar refractivity (Wildman–Crippen MR) is 127 cm³/mol. The number of nitrogens with zero attached hydrogens (tertiary/aromatic N) is 1. The molecule has 2 atom stereocenters. The van der Waals surface area contributed by atoms with Crippen LogP contribution in [0.3, 0.4) is 0 Å².